The van der Waals surface area contributed by atoms with E-state index in [1.54, 1.807) is 12.1 Å². The first-order valence-electron chi connectivity index (χ1n) is 8.27. The van der Waals surface area contributed by atoms with Crippen LogP contribution >= 0.6 is 23.2 Å². The Kier molecular flexibility index (Phi) is 10.5. The lowest BCUT2D eigenvalue weighted by Crippen LogP contribution is -2.11. The van der Waals surface area contributed by atoms with E-state index in [2.05, 4.69) is 6.92 Å². The number of halogens is 2. The molecule has 0 aliphatic heterocycles. The number of hydrogen-bond acceptors (Lipinski definition) is 4. The lowest BCUT2D eigenvalue weighted by atomic mass is 10.1. The number of ether oxygens (including phenoxy) is 2. The van der Waals surface area contributed by atoms with Crippen molar-refractivity contribution in [1.29, 1.82) is 0 Å². The Morgan fingerprint density at radius 2 is 1.38 bits per heavy atom. The van der Waals surface area contributed by atoms with E-state index < -0.39 is 10.8 Å². The zero-order valence-corrected chi connectivity index (χ0v) is 15.4. The van der Waals surface area contributed by atoms with Crippen LogP contribution in [0.3, 0.4) is 0 Å². The van der Waals surface area contributed by atoms with Crippen molar-refractivity contribution in [3.63, 3.8) is 0 Å². The highest BCUT2D eigenvalue weighted by atomic mass is 35.5. The SMILES string of the molecule is CCCCCCCCOC(=O)c1ccc(C(=O)OCC(Cl)Cl)cc1. The predicted molar refractivity (Wildman–Crippen MR) is 95.9 cm³/mol. The third-order valence-corrected chi connectivity index (χ3v) is 3.68. The summed E-state index contributed by atoms with van der Waals surface area (Å²) in [5, 5.41) is 0. The maximum absolute atomic E-state index is 11.9. The van der Waals surface area contributed by atoms with Crippen LogP contribution in [0.5, 0.6) is 0 Å². The van der Waals surface area contributed by atoms with Crippen LogP contribution in [0.1, 0.15) is 66.2 Å². The van der Waals surface area contributed by atoms with E-state index in [1.807, 2.05) is 0 Å². The van der Waals surface area contributed by atoms with Gasteiger partial charge in [-0.2, -0.15) is 0 Å². The highest BCUT2D eigenvalue weighted by Gasteiger charge is 2.12. The minimum atomic E-state index is -0.759. The van der Waals surface area contributed by atoms with Crippen LogP contribution in [0.15, 0.2) is 24.3 Å². The lowest BCUT2D eigenvalue weighted by Gasteiger charge is -2.07. The van der Waals surface area contributed by atoms with Crippen molar-refractivity contribution >= 4 is 35.1 Å². The lowest BCUT2D eigenvalue weighted by molar-refractivity contribution is 0.0490. The second kappa shape index (κ2) is 12.2. The molecule has 0 amide bonds. The van der Waals surface area contributed by atoms with Crippen molar-refractivity contribution in [2.75, 3.05) is 13.2 Å². The Bertz CT molecular complexity index is 500. The summed E-state index contributed by atoms with van der Waals surface area (Å²) in [7, 11) is 0. The smallest absolute Gasteiger partial charge is 0.338 e. The van der Waals surface area contributed by atoms with E-state index >= 15 is 0 Å². The summed E-state index contributed by atoms with van der Waals surface area (Å²) < 4.78 is 10.1. The fourth-order valence-corrected chi connectivity index (χ4v) is 2.22. The molecular formula is C18H24Cl2O4. The molecule has 6 heteroatoms. The minimum absolute atomic E-state index is 0.0794. The van der Waals surface area contributed by atoms with E-state index in [0.717, 1.165) is 12.8 Å². The first-order chi connectivity index (χ1) is 11.5. The van der Waals surface area contributed by atoms with Crippen LogP contribution in [-0.2, 0) is 9.47 Å². The van der Waals surface area contributed by atoms with Crippen molar-refractivity contribution in [3.8, 4) is 0 Å². The second-order valence-corrected chi connectivity index (χ2v) is 6.75. The summed E-state index contributed by atoms with van der Waals surface area (Å²) in [6, 6.07) is 6.11. The van der Waals surface area contributed by atoms with Crippen molar-refractivity contribution in [3.05, 3.63) is 35.4 Å². The quantitative estimate of drug-likeness (QED) is 0.304. The number of benzene rings is 1. The molecule has 1 rings (SSSR count). The molecule has 1 aromatic carbocycles. The van der Waals surface area contributed by atoms with Crippen molar-refractivity contribution < 1.29 is 19.1 Å². The van der Waals surface area contributed by atoms with Crippen molar-refractivity contribution in [2.45, 2.75) is 50.3 Å². The van der Waals surface area contributed by atoms with E-state index in [0.29, 0.717) is 17.7 Å². The van der Waals surface area contributed by atoms with Gasteiger partial charge in [0.25, 0.3) is 0 Å². The molecule has 0 aliphatic carbocycles. The van der Waals surface area contributed by atoms with Gasteiger partial charge in [-0.3, -0.25) is 0 Å². The third-order valence-electron chi connectivity index (χ3n) is 3.43. The maximum atomic E-state index is 11.9. The average molecular weight is 375 g/mol. The molecule has 0 saturated heterocycles. The molecule has 1 aromatic rings. The maximum Gasteiger partial charge on any atom is 0.338 e. The largest absolute Gasteiger partial charge is 0.462 e. The Balaban J connectivity index is 2.31. The standard InChI is InChI=1S/C18H24Cl2O4/c1-2-3-4-5-6-7-12-23-17(21)14-8-10-15(11-9-14)18(22)24-13-16(19)20/h8-11,16H,2-7,12-13H2,1H3. The van der Waals surface area contributed by atoms with Gasteiger partial charge in [-0.25, -0.2) is 9.59 Å². The predicted octanol–water partition coefficient (Wildman–Crippen LogP) is 5.16. The van der Waals surface area contributed by atoms with Gasteiger partial charge in [0.2, 0.25) is 0 Å². The molecule has 24 heavy (non-hydrogen) atoms. The summed E-state index contributed by atoms with van der Waals surface area (Å²) in [4.78, 5) is 22.8. The Hall–Kier alpha value is -1.26. The minimum Gasteiger partial charge on any atom is -0.462 e. The molecule has 4 nitrogen and oxygen atoms in total. The first kappa shape index (κ1) is 20.8. The van der Waals surface area contributed by atoms with Gasteiger partial charge in [0, 0.05) is 0 Å². The summed E-state index contributed by atoms with van der Waals surface area (Å²) in [6.07, 6.45) is 6.82. The van der Waals surface area contributed by atoms with Gasteiger partial charge in [-0.05, 0) is 30.7 Å². The topological polar surface area (TPSA) is 52.6 Å². The van der Waals surface area contributed by atoms with Gasteiger partial charge >= 0.3 is 11.9 Å². The summed E-state index contributed by atoms with van der Waals surface area (Å²) in [5.74, 6) is -0.918. The van der Waals surface area contributed by atoms with E-state index in [9.17, 15) is 9.59 Å². The monoisotopic (exact) mass is 374 g/mol. The van der Waals surface area contributed by atoms with Crippen LogP contribution in [0, 0.1) is 0 Å². The Morgan fingerprint density at radius 1 is 0.875 bits per heavy atom. The Morgan fingerprint density at radius 3 is 1.92 bits per heavy atom. The number of carbonyl (C=O) groups excluding carboxylic acids is 2. The number of unbranched alkanes of at least 4 members (excludes halogenated alkanes) is 5. The third kappa shape index (κ3) is 8.55. The molecule has 0 aliphatic rings. The van der Waals surface area contributed by atoms with Gasteiger partial charge in [0.05, 0.1) is 17.7 Å². The summed E-state index contributed by atoms with van der Waals surface area (Å²) in [6.45, 7) is 2.52. The average Bonchev–Trinajstić information content (AvgIpc) is 2.58. The first-order valence-corrected chi connectivity index (χ1v) is 9.14. The second-order valence-electron chi connectivity index (χ2n) is 5.47. The van der Waals surface area contributed by atoms with Gasteiger partial charge in [-0.15, -0.1) is 23.2 Å². The molecular weight excluding hydrogens is 351 g/mol. The molecule has 0 unspecified atom stereocenters. The van der Waals surface area contributed by atoms with Crippen LogP contribution in [0.2, 0.25) is 0 Å². The highest BCUT2D eigenvalue weighted by Crippen LogP contribution is 2.10. The summed E-state index contributed by atoms with van der Waals surface area (Å²) >= 11 is 11.0. The molecule has 134 valence electrons. The molecule has 0 aromatic heterocycles. The van der Waals surface area contributed by atoms with Gasteiger partial charge in [-0.1, -0.05) is 39.0 Å². The molecule has 0 spiro atoms. The molecule has 0 heterocycles. The molecule has 0 bridgehead atoms. The number of carbonyl (C=O) groups is 2. The number of rotatable bonds is 11. The van der Waals surface area contributed by atoms with E-state index in [1.165, 1.54) is 37.8 Å². The Labute approximate surface area is 153 Å². The molecule has 0 fully saturated rings. The molecule has 0 radical (unpaired) electrons. The summed E-state index contributed by atoms with van der Waals surface area (Å²) in [5.41, 5.74) is 0.738. The zero-order valence-electron chi connectivity index (χ0n) is 13.9. The van der Waals surface area contributed by atoms with Gasteiger partial charge in [0.1, 0.15) is 11.4 Å². The number of alkyl halides is 2. The van der Waals surface area contributed by atoms with Crippen LogP contribution in [-0.4, -0.2) is 30.0 Å². The normalized spacial score (nSPS) is 10.7. The zero-order chi connectivity index (χ0) is 17.8. The number of hydrogen-bond donors (Lipinski definition) is 0. The van der Waals surface area contributed by atoms with Crippen LogP contribution in [0.4, 0.5) is 0 Å². The fraction of sp³-hybridized carbons (Fsp3) is 0.556. The molecule has 0 atom stereocenters. The molecule has 0 N–H and O–H groups in total. The van der Waals surface area contributed by atoms with Crippen LogP contribution < -0.4 is 0 Å². The van der Waals surface area contributed by atoms with E-state index in [-0.39, 0.29) is 12.6 Å². The highest BCUT2D eigenvalue weighted by molar-refractivity contribution is 6.44. The molecule has 0 saturated carbocycles. The fourth-order valence-electron chi connectivity index (χ4n) is 2.10. The van der Waals surface area contributed by atoms with E-state index in [4.69, 9.17) is 32.7 Å². The van der Waals surface area contributed by atoms with Crippen molar-refractivity contribution in [1.82, 2.24) is 0 Å². The van der Waals surface area contributed by atoms with Gasteiger partial charge in [0.15, 0.2) is 0 Å². The van der Waals surface area contributed by atoms with Crippen molar-refractivity contribution in [2.24, 2.45) is 0 Å². The van der Waals surface area contributed by atoms with Crippen LogP contribution in [0.25, 0.3) is 0 Å². The number of esters is 2. The van der Waals surface area contributed by atoms with Gasteiger partial charge < -0.3 is 9.47 Å².